The lowest BCUT2D eigenvalue weighted by molar-refractivity contribution is -0.143. The number of carbonyl (C=O) groups excluding carboxylic acids is 2. The van der Waals surface area contributed by atoms with Crippen molar-refractivity contribution in [2.24, 2.45) is 11.3 Å². The molecule has 0 aromatic heterocycles. The zero-order valence-corrected chi connectivity index (χ0v) is 25.5. The standard InChI is InChI=1S/C30H43NO7Si/c1-20(24(26(32)33)31-28(35)36-19-21-13-11-10-12-14-21)25(38-39(8,9)30(5,6)7)22-15-17-23(18-16-22)37-27(34)29(2,3)4/h10-18,20,24-25H,19H2,1-9H3,(H,31,35)(H,32,33)/t20-,24-,25-/m0/s1. The molecule has 0 spiro atoms. The Labute approximate surface area is 233 Å². The summed E-state index contributed by atoms with van der Waals surface area (Å²) in [5, 5.41) is 12.5. The third kappa shape index (κ3) is 9.21. The highest BCUT2D eigenvalue weighted by Gasteiger charge is 2.43. The molecule has 2 aromatic carbocycles. The number of esters is 1. The average Bonchev–Trinajstić information content (AvgIpc) is 2.84. The van der Waals surface area contributed by atoms with Gasteiger partial charge in [-0.2, -0.15) is 0 Å². The van der Waals surface area contributed by atoms with E-state index in [2.05, 4.69) is 39.2 Å². The van der Waals surface area contributed by atoms with Gasteiger partial charge in [-0.05, 0) is 62.2 Å². The van der Waals surface area contributed by atoms with E-state index in [9.17, 15) is 19.5 Å². The first kappa shape index (κ1) is 32.0. The number of rotatable bonds is 10. The van der Waals surface area contributed by atoms with Crippen LogP contribution in [-0.4, -0.2) is 37.5 Å². The van der Waals surface area contributed by atoms with Crippen LogP contribution in [0.15, 0.2) is 54.6 Å². The van der Waals surface area contributed by atoms with Gasteiger partial charge in [0.15, 0.2) is 8.32 Å². The van der Waals surface area contributed by atoms with Crippen molar-refractivity contribution in [2.45, 2.75) is 85.4 Å². The van der Waals surface area contributed by atoms with Gasteiger partial charge in [0.05, 0.1) is 11.5 Å². The number of amides is 1. The molecule has 0 saturated heterocycles. The first-order valence-corrected chi connectivity index (χ1v) is 16.0. The van der Waals surface area contributed by atoms with Crippen LogP contribution in [-0.2, 0) is 25.4 Å². The van der Waals surface area contributed by atoms with E-state index >= 15 is 0 Å². The zero-order valence-electron chi connectivity index (χ0n) is 24.5. The molecule has 0 aliphatic heterocycles. The summed E-state index contributed by atoms with van der Waals surface area (Å²) in [4.78, 5) is 37.2. The third-order valence-corrected chi connectivity index (χ3v) is 11.5. The topological polar surface area (TPSA) is 111 Å². The summed E-state index contributed by atoms with van der Waals surface area (Å²) in [5.41, 5.74) is 0.851. The van der Waals surface area contributed by atoms with Gasteiger partial charge < -0.3 is 24.3 Å². The number of nitrogens with one attached hydrogen (secondary N) is 1. The summed E-state index contributed by atoms with van der Waals surface area (Å²) in [6.07, 6.45) is -1.48. The summed E-state index contributed by atoms with van der Waals surface area (Å²) < 4.78 is 17.5. The maximum absolute atomic E-state index is 12.6. The van der Waals surface area contributed by atoms with Gasteiger partial charge in [0.1, 0.15) is 18.4 Å². The molecular formula is C30H43NO7Si. The van der Waals surface area contributed by atoms with Crippen molar-refractivity contribution in [3.63, 3.8) is 0 Å². The largest absolute Gasteiger partial charge is 0.480 e. The van der Waals surface area contributed by atoms with Crippen molar-refractivity contribution in [1.82, 2.24) is 5.32 Å². The Morgan fingerprint density at radius 1 is 0.923 bits per heavy atom. The SMILES string of the molecule is C[C@@H]([C@H](NC(=O)OCc1ccccc1)C(=O)O)[C@H](O[Si](C)(C)C(C)(C)C)c1ccc(OC(=O)C(C)(C)C)cc1. The number of hydrogen-bond acceptors (Lipinski definition) is 6. The van der Waals surface area contributed by atoms with E-state index in [1.807, 2.05) is 30.3 Å². The lowest BCUT2D eigenvalue weighted by Crippen LogP contribution is -2.50. The fraction of sp³-hybridized carbons (Fsp3) is 0.500. The van der Waals surface area contributed by atoms with Gasteiger partial charge in [-0.3, -0.25) is 4.79 Å². The molecule has 0 bridgehead atoms. The summed E-state index contributed by atoms with van der Waals surface area (Å²) in [6.45, 7) is 17.6. The first-order valence-electron chi connectivity index (χ1n) is 13.1. The first-order chi connectivity index (χ1) is 17.9. The van der Waals surface area contributed by atoms with Crippen LogP contribution in [0.25, 0.3) is 0 Å². The highest BCUT2D eigenvalue weighted by molar-refractivity contribution is 6.74. The molecule has 0 heterocycles. The monoisotopic (exact) mass is 557 g/mol. The van der Waals surface area contributed by atoms with Crippen LogP contribution in [0.2, 0.25) is 18.1 Å². The van der Waals surface area contributed by atoms with Gasteiger partial charge in [-0.25, -0.2) is 9.59 Å². The fourth-order valence-corrected chi connectivity index (χ4v) is 4.78. The van der Waals surface area contributed by atoms with Crippen molar-refractivity contribution in [3.05, 3.63) is 65.7 Å². The van der Waals surface area contributed by atoms with Gasteiger partial charge in [0.2, 0.25) is 0 Å². The van der Waals surface area contributed by atoms with E-state index in [1.54, 1.807) is 52.0 Å². The normalized spacial score (nSPS) is 14.6. The molecule has 2 N–H and O–H groups in total. The zero-order chi connectivity index (χ0) is 29.6. The van der Waals surface area contributed by atoms with Crippen LogP contribution in [0.3, 0.4) is 0 Å². The predicted octanol–water partition coefficient (Wildman–Crippen LogP) is 6.72. The van der Waals surface area contributed by atoms with Crippen LogP contribution < -0.4 is 10.1 Å². The number of carboxylic acids is 1. The molecule has 9 heteroatoms. The van der Waals surface area contributed by atoms with Crippen molar-refractivity contribution < 1.29 is 33.4 Å². The van der Waals surface area contributed by atoms with E-state index in [0.29, 0.717) is 11.3 Å². The van der Waals surface area contributed by atoms with Crippen LogP contribution in [0.4, 0.5) is 4.79 Å². The van der Waals surface area contributed by atoms with E-state index in [4.69, 9.17) is 13.9 Å². The van der Waals surface area contributed by atoms with Gasteiger partial charge in [-0.15, -0.1) is 0 Å². The number of benzene rings is 2. The molecule has 0 saturated carbocycles. The molecule has 1 amide bonds. The van der Waals surface area contributed by atoms with E-state index in [0.717, 1.165) is 5.56 Å². The van der Waals surface area contributed by atoms with Gasteiger partial charge in [-0.1, -0.05) is 70.2 Å². The molecule has 3 atom stereocenters. The Bertz CT molecular complexity index is 1120. The summed E-state index contributed by atoms with van der Waals surface area (Å²) in [6, 6.07) is 14.8. The minimum absolute atomic E-state index is 0.0199. The Hall–Kier alpha value is -3.17. The van der Waals surface area contributed by atoms with E-state index in [1.165, 1.54) is 0 Å². The Morgan fingerprint density at radius 2 is 1.49 bits per heavy atom. The molecule has 8 nitrogen and oxygen atoms in total. The maximum Gasteiger partial charge on any atom is 0.408 e. The number of carbonyl (C=O) groups is 3. The molecule has 0 radical (unpaired) electrons. The van der Waals surface area contributed by atoms with Gasteiger partial charge in [0, 0.05) is 5.92 Å². The summed E-state index contributed by atoms with van der Waals surface area (Å²) in [7, 11) is -2.38. The Balaban J connectivity index is 2.32. The predicted molar refractivity (Wildman–Crippen MR) is 153 cm³/mol. The number of ether oxygens (including phenoxy) is 2. The molecule has 0 aliphatic rings. The van der Waals surface area contributed by atoms with Crippen LogP contribution in [0.1, 0.15) is 65.7 Å². The van der Waals surface area contributed by atoms with E-state index < -0.39 is 43.9 Å². The van der Waals surface area contributed by atoms with E-state index in [-0.39, 0.29) is 17.6 Å². The van der Waals surface area contributed by atoms with Gasteiger partial charge >= 0.3 is 18.0 Å². The third-order valence-electron chi connectivity index (χ3n) is 7.01. The molecule has 0 aliphatic carbocycles. The number of alkyl carbamates (subject to hydrolysis) is 1. The lowest BCUT2D eigenvalue weighted by Gasteiger charge is -2.42. The number of hydrogen-bond donors (Lipinski definition) is 2. The highest BCUT2D eigenvalue weighted by atomic mass is 28.4. The number of carboxylic acid groups (broad SMARTS) is 1. The number of aliphatic carboxylic acids is 1. The van der Waals surface area contributed by atoms with Crippen LogP contribution in [0.5, 0.6) is 5.75 Å². The lowest BCUT2D eigenvalue weighted by atomic mass is 9.90. The molecule has 0 unspecified atom stereocenters. The van der Waals surface area contributed by atoms with Crippen molar-refractivity contribution in [2.75, 3.05) is 0 Å². The quantitative estimate of drug-likeness (QED) is 0.190. The summed E-state index contributed by atoms with van der Waals surface area (Å²) >= 11 is 0. The highest BCUT2D eigenvalue weighted by Crippen LogP contribution is 2.42. The van der Waals surface area contributed by atoms with Crippen molar-refractivity contribution >= 4 is 26.3 Å². The van der Waals surface area contributed by atoms with Crippen molar-refractivity contribution in [3.8, 4) is 5.75 Å². The average molecular weight is 558 g/mol. The van der Waals surface area contributed by atoms with Crippen molar-refractivity contribution in [1.29, 1.82) is 0 Å². The fourth-order valence-electron chi connectivity index (χ4n) is 3.44. The second kappa shape index (κ2) is 12.8. The van der Waals surface area contributed by atoms with Crippen LogP contribution in [0, 0.1) is 11.3 Å². The Morgan fingerprint density at radius 3 is 1.97 bits per heavy atom. The maximum atomic E-state index is 12.6. The van der Waals surface area contributed by atoms with Crippen LogP contribution >= 0.6 is 0 Å². The minimum Gasteiger partial charge on any atom is -0.480 e. The molecule has 214 valence electrons. The molecule has 2 aromatic rings. The summed E-state index contributed by atoms with van der Waals surface area (Å²) in [5.74, 6) is -1.83. The second-order valence-corrected chi connectivity index (χ2v) is 17.1. The molecule has 0 fully saturated rings. The molecular weight excluding hydrogens is 514 g/mol. The smallest absolute Gasteiger partial charge is 0.408 e. The molecule has 2 rings (SSSR count). The second-order valence-electron chi connectivity index (χ2n) is 12.4. The molecule has 39 heavy (non-hydrogen) atoms. The Kier molecular flexibility index (Phi) is 10.5. The minimum atomic E-state index is -2.38. The van der Waals surface area contributed by atoms with Gasteiger partial charge in [0.25, 0.3) is 0 Å².